The van der Waals surface area contributed by atoms with E-state index in [2.05, 4.69) is 16.0 Å². The summed E-state index contributed by atoms with van der Waals surface area (Å²) in [6, 6.07) is 0.237. The summed E-state index contributed by atoms with van der Waals surface area (Å²) < 4.78 is 35.2. The van der Waals surface area contributed by atoms with Crippen molar-refractivity contribution in [3.63, 3.8) is 0 Å². The zero-order valence-corrected chi connectivity index (χ0v) is 16.1. The number of hydrogen-bond acceptors (Lipinski definition) is 5. The molecule has 1 aliphatic carbocycles. The normalized spacial score (nSPS) is 22.0. The molecule has 0 radical (unpaired) electrons. The van der Waals surface area contributed by atoms with E-state index in [1.807, 2.05) is 0 Å². The summed E-state index contributed by atoms with van der Waals surface area (Å²) in [6.45, 7) is 5.71. The average molecular weight is 397 g/mol. The van der Waals surface area contributed by atoms with Gasteiger partial charge in [0.2, 0.25) is 0 Å². The third-order valence-electron chi connectivity index (χ3n) is 4.70. The molecule has 9 heteroatoms. The van der Waals surface area contributed by atoms with Crippen LogP contribution in [-0.4, -0.2) is 47.9 Å². The maximum atomic E-state index is 15.2. The second-order valence-corrected chi connectivity index (χ2v) is 8.25. The highest BCUT2D eigenvalue weighted by Crippen LogP contribution is 2.36. The van der Waals surface area contributed by atoms with E-state index in [0.717, 1.165) is 18.9 Å². The van der Waals surface area contributed by atoms with Gasteiger partial charge in [0.25, 0.3) is 0 Å². The van der Waals surface area contributed by atoms with Crippen molar-refractivity contribution < 1.29 is 28.2 Å². The van der Waals surface area contributed by atoms with Crippen molar-refractivity contribution in [2.24, 2.45) is 0 Å². The Labute approximate surface area is 161 Å². The van der Waals surface area contributed by atoms with Crippen LogP contribution in [-0.2, 0) is 4.74 Å². The third kappa shape index (κ3) is 4.52. The summed E-state index contributed by atoms with van der Waals surface area (Å²) in [4.78, 5) is 23.5. The maximum Gasteiger partial charge on any atom is 0.407 e. The van der Waals surface area contributed by atoms with E-state index in [-0.39, 0.29) is 23.8 Å². The number of rotatable bonds is 5. The molecular weight excluding hydrogens is 372 g/mol. The van der Waals surface area contributed by atoms with E-state index in [4.69, 9.17) is 4.74 Å². The van der Waals surface area contributed by atoms with Gasteiger partial charge in [0.15, 0.2) is 5.82 Å². The molecule has 1 aromatic carbocycles. The summed E-state index contributed by atoms with van der Waals surface area (Å²) in [6.07, 6.45) is 0.934. The highest BCUT2D eigenvalue weighted by Gasteiger charge is 2.37. The van der Waals surface area contributed by atoms with Crippen LogP contribution >= 0.6 is 0 Å². The van der Waals surface area contributed by atoms with E-state index in [9.17, 15) is 19.1 Å². The quantitative estimate of drug-likeness (QED) is 0.610. The van der Waals surface area contributed by atoms with Crippen molar-refractivity contribution in [1.29, 1.82) is 0 Å². The second-order valence-electron chi connectivity index (χ2n) is 8.25. The van der Waals surface area contributed by atoms with Gasteiger partial charge in [-0.05, 0) is 39.7 Å². The van der Waals surface area contributed by atoms with E-state index >= 15 is 4.39 Å². The Balaban J connectivity index is 1.90. The van der Waals surface area contributed by atoms with Gasteiger partial charge in [-0.3, -0.25) is 0 Å². The van der Waals surface area contributed by atoms with Gasteiger partial charge < -0.3 is 25.8 Å². The third-order valence-corrected chi connectivity index (χ3v) is 4.70. The summed E-state index contributed by atoms with van der Waals surface area (Å²) in [5.41, 5.74) is -1.58. The van der Waals surface area contributed by atoms with Crippen LogP contribution in [0.4, 0.5) is 19.3 Å². The number of aromatic carboxylic acids is 1. The lowest BCUT2D eigenvalue weighted by Crippen LogP contribution is -2.42. The minimum Gasteiger partial charge on any atom is -0.478 e. The van der Waals surface area contributed by atoms with Gasteiger partial charge in [0, 0.05) is 30.6 Å². The lowest BCUT2D eigenvalue weighted by atomic mass is 9.91. The molecule has 1 saturated carbocycles. The Morgan fingerprint density at radius 3 is 2.50 bits per heavy atom. The molecule has 2 aliphatic rings. The maximum absolute atomic E-state index is 15.2. The Morgan fingerprint density at radius 2 is 1.93 bits per heavy atom. The monoisotopic (exact) mass is 397 g/mol. The largest absolute Gasteiger partial charge is 0.478 e. The molecule has 1 aromatic rings. The van der Waals surface area contributed by atoms with Crippen LogP contribution in [0.3, 0.4) is 0 Å². The fourth-order valence-electron chi connectivity index (χ4n) is 3.31. The molecule has 28 heavy (non-hydrogen) atoms. The van der Waals surface area contributed by atoms with Gasteiger partial charge in [-0.1, -0.05) is 0 Å². The number of anilines is 1. The predicted octanol–water partition coefficient (Wildman–Crippen LogP) is 2.82. The molecule has 154 valence electrons. The number of halogens is 2. The highest BCUT2D eigenvalue weighted by atomic mass is 19.1. The molecule has 1 amide bonds. The van der Waals surface area contributed by atoms with Gasteiger partial charge in [0.1, 0.15) is 11.4 Å². The predicted molar refractivity (Wildman–Crippen MR) is 98.7 cm³/mol. The molecule has 0 spiro atoms. The van der Waals surface area contributed by atoms with Crippen LogP contribution in [0, 0.1) is 11.6 Å². The minimum absolute atomic E-state index is 0.0108. The van der Waals surface area contributed by atoms with Crippen LogP contribution < -0.4 is 16.0 Å². The molecule has 2 atom stereocenters. The fourth-order valence-corrected chi connectivity index (χ4v) is 3.31. The summed E-state index contributed by atoms with van der Waals surface area (Å²) in [5.74, 6) is -3.97. The number of amides is 1. The molecule has 2 unspecified atom stereocenters. The van der Waals surface area contributed by atoms with Crippen LogP contribution in [0.25, 0.3) is 0 Å². The van der Waals surface area contributed by atoms with Gasteiger partial charge in [-0.2, -0.15) is 0 Å². The molecule has 2 fully saturated rings. The smallest absolute Gasteiger partial charge is 0.407 e. The van der Waals surface area contributed by atoms with Crippen LogP contribution in [0.5, 0.6) is 0 Å². The molecule has 4 N–H and O–H groups in total. The van der Waals surface area contributed by atoms with Gasteiger partial charge in [-0.25, -0.2) is 18.4 Å². The summed E-state index contributed by atoms with van der Waals surface area (Å²) in [7, 11) is 0. The van der Waals surface area contributed by atoms with Crippen molar-refractivity contribution in [2.45, 2.75) is 57.2 Å². The Kier molecular flexibility index (Phi) is 5.47. The molecule has 7 nitrogen and oxygen atoms in total. The van der Waals surface area contributed by atoms with Crippen molar-refractivity contribution >= 4 is 17.7 Å². The molecule has 0 bridgehead atoms. The van der Waals surface area contributed by atoms with Gasteiger partial charge in [-0.15, -0.1) is 0 Å². The molecule has 3 rings (SSSR count). The standard InChI is InChI=1S/C19H25F2N3O4/c1-19(2,3)28-18(27)24-13-8-22-7-11(13)14-12(20)6-10(17(25)26)16(15(14)21)23-9-4-5-9/h6,9,11,13,22-23H,4-5,7-8H2,1-3H3,(H,24,27)(H,25,26). The number of ether oxygens (including phenoxy) is 1. The van der Waals surface area contributed by atoms with Gasteiger partial charge in [0.05, 0.1) is 17.3 Å². The van der Waals surface area contributed by atoms with Crippen LogP contribution in [0.15, 0.2) is 6.07 Å². The number of carboxylic acids is 1. The van der Waals surface area contributed by atoms with E-state index in [1.54, 1.807) is 20.8 Å². The lowest BCUT2D eigenvalue weighted by Gasteiger charge is -2.25. The molecular formula is C19H25F2N3O4. The first-order chi connectivity index (χ1) is 13.1. The van der Waals surface area contributed by atoms with Crippen LogP contribution in [0.1, 0.15) is 55.5 Å². The van der Waals surface area contributed by atoms with Crippen molar-refractivity contribution in [3.8, 4) is 0 Å². The number of nitrogens with one attached hydrogen (secondary N) is 3. The van der Waals surface area contributed by atoms with E-state index in [1.165, 1.54) is 0 Å². The number of carbonyl (C=O) groups excluding carboxylic acids is 1. The van der Waals surface area contributed by atoms with Crippen molar-refractivity contribution in [3.05, 3.63) is 28.8 Å². The Hall–Kier alpha value is -2.42. The summed E-state index contributed by atoms with van der Waals surface area (Å²) in [5, 5.41) is 17.8. The first-order valence-electron chi connectivity index (χ1n) is 9.28. The fraction of sp³-hybridized carbons (Fsp3) is 0.579. The molecule has 1 aliphatic heterocycles. The number of carbonyl (C=O) groups is 2. The topological polar surface area (TPSA) is 99.7 Å². The number of benzene rings is 1. The SMILES string of the molecule is CC(C)(C)OC(=O)NC1CNCC1c1c(F)cc(C(=O)O)c(NC2CC2)c1F. The highest BCUT2D eigenvalue weighted by molar-refractivity contribution is 5.94. The van der Waals surface area contributed by atoms with E-state index in [0.29, 0.717) is 6.54 Å². The second kappa shape index (κ2) is 7.54. The molecule has 1 heterocycles. The zero-order valence-electron chi connectivity index (χ0n) is 16.1. The van der Waals surface area contributed by atoms with E-state index < -0.39 is 46.8 Å². The first kappa shape index (κ1) is 20.3. The molecule has 1 saturated heterocycles. The molecule has 0 aromatic heterocycles. The van der Waals surface area contributed by atoms with Crippen molar-refractivity contribution in [1.82, 2.24) is 10.6 Å². The lowest BCUT2D eigenvalue weighted by molar-refractivity contribution is 0.0503. The minimum atomic E-state index is -1.40. The summed E-state index contributed by atoms with van der Waals surface area (Å²) >= 11 is 0. The Bertz CT molecular complexity index is 790. The Morgan fingerprint density at radius 1 is 1.25 bits per heavy atom. The van der Waals surface area contributed by atoms with Crippen LogP contribution in [0.2, 0.25) is 0 Å². The number of alkyl carbamates (subject to hydrolysis) is 1. The number of hydrogen-bond donors (Lipinski definition) is 4. The zero-order chi connectivity index (χ0) is 20.6. The average Bonchev–Trinajstić information content (AvgIpc) is 3.27. The van der Waals surface area contributed by atoms with Gasteiger partial charge >= 0.3 is 12.1 Å². The van der Waals surface area contributed by atoms with Crippen molar-refractivity contribution in [2.75, 3.05) is 18.4 Å². The number of carboxylic acid groups (broad SMARTS) is 1. The first-order valence-corrected chi connectivity index (χ1v) is 9.28.